The second-order valence-corrected chi connectivity index (χ2v) is 5.05. The molecular weight excluding hydrogens is 222 g/mol. The van der Waals surface area contributed by atoms with E-state index in [4.69, 9.17) is 0 Å². The summed E-state index contributed by atoms with van der Waals surface area (Å²) < 4.78 is 27.9. The second kappa shape index (κ2) is 3.95. The van der Waals surface area contributed by atoms with E-state index in [9.17, 15) is 8.78 Å². The van der Waals surface area contributed by atoms with Gasteiger partial charge in [0.1, 0.15) is 11.6 Å². The quantitative estimate of drug-likeness (QED) is 0.804. The third-order valence-electron chi connectivity index (χ3n) is 2.62. The highest BCUT2D eigenvalue weighted by atomic mass is 19.1. The number of aromatic amines is 1. The third kappa shape index (κ3) is 2.20. The molecule has 2 aromatic rings. The predicted octanol–water partition coefficient (Wildman–Crippen LogP) is 3.65. The molecule has 2 rings (SSSR count). The molecular formula is C13H14F2N2. The van der Waals surface area contributed by atoms with E-state index in [-0.39, 0.29) is 5.56 Å². The lowest BCUT2D eigenvalue weighted by molar-refractivity contribution is 0.476. The van der Waals surface area contributed by atoms with Crippen molar-refractivity contribution in [3.05, 3.63) is 41.7 Å². The number of nitrogens with zero attached hydrogens (tertiary/aromatic N) is 1. The van der Waals surface area contributed by atoms with E-state index >= 15 is 0 Å². The largest absolute Gasteiger partial charge is 0.285 e. The van der Waals surface area contributed by atoms with Crippen molar-refractivity contribution in [1.82, 2.24) is 10.2 Å². The van der Waals surface area contributed by atoms with Crippen LogP contribution in [0.15, 0.2) is 24.5 Å². The van der Waals surface area contributed by atoms with Gasteiger partial charge in [0.25, 0.3) is 0 Å². The Hall–Kier alpha value is -1.71. The summed E-state index contributed by atoms with van der Waals surface area (Å²) >= 11 is 0. The average molecular weight is 236 g/mol. The van der Waals surface area contributed by atoms with Gasteiger partial charge < -0.3 is 0 Å². The lowest BCUT2D eigenvalue weighted by Crippen LogP contribution is -2.16. The molecule has 0 saturated heterocycles. The topological polar surface area (TPSA) is 28.7 Å². The van der Waals surface area contributed by atoms with Crippen LogP contribution in [0.5, 0.6) is 0 Å². The summed E-state index contributed by atoms with van der Waals surface area (Å²) in [6.07, 6.45) is 3.13. The van der Waals surface area contributed by atoms with Gasteiger partial charge in [-0.15, -0.1) is 0 Å². The van der Waals surface area contributed by atoms with Crippen LogP contribution in [0.2, 0.25) is 0 Å². The van der Waals surface area contributed by atoms with Crippen LogP contribution in [0.4, 0.5) is 8.78 Å². The molecule has 1 N–H and O–H groups in total. The fraction of sp³-hybridized carbons (Fsp3) is 0.308. The summed E-state index contributed by atoms with van der Waals surface area (Å²) in [5.74, 6) is -1.04. The van der Waals surface area contributed by atoms with Crippen molar-refractivity contribution in [1.29, 1.82) is 0 Å². The number of H-pyrrole nitrogens is 1. The molecule has 0 aliphatic carbocycles. The zero-order valence-electron chi connectivity index (χ0n) is 10.0. The van der Waals surface area contributed by atoms with Crippen molar-refractivity contribution >= 4 is 0 Å². The molecule has 0 aliphatic heterocycles. The Morgan fingerprint density at radius 2 is 1.65 bits per heavy atom. The number of halogens is 2. The molecule has 1 aromatic heterocycles. The van der Waals surface area contributed by atoms with Crippen LogP contribution in [0.25, 0.3) is 11.1 Å². The standard InChI is InChI=1S/C13H14F2N2/c1-13(2,3)12-10(14)4-8(5-11(12)15)9-6-16-17-7-9/h4-7H,1-3H3,(H,16,17). The number of nitrogens with one attached hydrogen (secondary N) is 1. The van der Waals surface area contributed by atoms with Crippen molar-refractivity contribution in [3.8, 4) is 11.1 Å². The first-order valence-electron chi connectivity index (χ1n) is 5.38. The molecule has 4 heteroatoms. The molecule has 0 atom stereocenters. The van der Waals surface area contributed by atoms with Gasteiger partial charge in [-0.1, -0.05) is 20.8 Å². The first-order valence-corrected chi connectivity index (χ1v) is 5.38. The van der Waals surface area contributed by atoms with Crippen LogP contribution in [-0.4, -0.2) is 10.2 Å². The highest BCUT2D eigenvalue weighted by Gasteiger charge is 2.23. The van der Waals surface area contributed by atoms with Gasteiger partial charge in [0.15, 0.2) is 0 Å². The van der Waals surface area contributed by atoms with Crippen LogP contribution in [0.1, 0.15) is 26.3 Å². The highest BCUT2D eigenvalue weighted by molar-refractivity contribution is 5.62. The Labute approximate surface area is 98.7 Å². The maximum Gasteiger partial charge on any atom is 0.130 e. The molecule has 1 heterocycles. The molecule has 0 spiro atoms. The first-order chi connectivity index (χ1) is 7.89. The fourth-order valence-electron chi connectivity index (χ4n) is 1.87. The average Bonchev–Trinajstić information content (AvgIpc) is 2.66. The van der Waals surface area contributed by atoms with Crippen LogP contribution in [-0.2, 0) is 5.41 Å². The first kappa shape index (κ1) is 11.8. The number of hydrogen-bond donors (Lipinski definition) is 1. The lowest BCUT2D eigenvalue weighted by Gasteiger charge is -2.21. The maximum absolute atomic E-state index is 13.9. The number of rotatable bonds is 1. The minimum atomic E-state index is -0.552. The van der Waals surface area contributed by atoms with Crippen molar-refractivity contribution in [3.63, 3.8) is 0 Å². The molecule has 0 aliphatic rings. The monoisotopic (exact) mass is 236 g/mol. The Kier molecular flexibility index (Phi) is 2.73. The maximum atomic E-state index is 13.9. The minimum absolute atomic E-state index is 0.116. The van der Waals surface area contributed by atoms with E-state index in [2.05, 4.69) is 10.2 Å². The summed E-state index contributed by atoms with van der Waals surface area (Å²) in [6.45, 7) is 5.35. The van der Waals surface area contributed by atoms with Gasteiger partial charge in [-0.2, -0.15) is 5.10 Å². The van der Waals surface area contributed by atoms with E-state index in [1.54, 1.807) is 27.0 Å². The highest BCUT2D eigenvalue weighted by Crippen LogP contribution is 2.31. The van der Waals surface area contributed by atoms with Gasteiger partial charge in [-0.25, -0.2) is 8.78 Å². The summed E-state index contributed by atoms with van der Waals surface area (Å²) in [7, 11) is 0. The van der Waals surface area contributed by atoms with Crippen molar-refractivity contribution in [2.45, 2.75) is 26.2 Å². The SMILES string of the molecule is CC(C)(C)c1c(F)cc(-c2cn[nH]c2)cc1F. The van der Waals surface area contributed by atoms with Gasteiger partial charge in [0, 0.05) is 17.3 Å². The third-order valence-corrected chi connectivity index (χ3v) is 2.62. The molecule has 0 bridgehead atoms. The molecule has 90 valence electrons. The van der Waals surface area contributed by atoms with Gasteiger partial charge >= 0.3 is 0 Å². The van der Waals surface area contributed by atoms with E-state index in [0.717, 1.165) is 0 Å². The van der Waals surface area contributed by atoms with Crippen LogP contribution >= 0.6 is 0 Å². The normalized spacial score (nSPS) is 11.8. The molecule has 0 fully saturated rings. The van der Waals surface area contributed by atoms with E-state index < -0.39 is 17.0 Å². The van der Waals surface area contributed by atoms with Crippen molar-refractivity contribution < 1.29 is 8.78 Å². The number of benzene rings is 1. The Balaban J connectivity index is 2.57. The van der Waals surface area contributed by atoms with E-state index in [0.29, 0.717) is 11.1 Å². The van der Waals surface area contributed by atoms with Gasteiger partial charge in [0.05, 0.1) is 6.20 Å². The molecule has 0 radical (unpaired) electrons. The molecule has 0 unspecified atom stereocenters. The molecule has 0 saturated carbocycles. The zero-order valence-corrected chi connectivity index (χ0v) is 10.0. The summed E-state index contributed by atoms with van der Waals surface area (Å²) in [5, 5.41) is 6.38. The van der Waals surface area contributed by atoms with Crippen molar-refractivity contribution in [2.24, 2.45) is 0 Å². The molecule has 2 nitrogen and oxygen atoms in total. The number of aromatic nitrogens is 2. The smallest absolute Gasteiger partial charge is 0.130 e. The van der Waals surface area contributed by atoms with Gasteiger partial charge in [0.2, 0.25) is 0 Å². The summed E-state index contributed by atoms with van der Waals surface area (Å²) in [6, 6.07) is 2.68. The zero-order chi connectivity index (χ0) is 12.6. The Morgan fingerprint density at radius 1 is 1.06 bits per heavy atom. The van der Waals surface area contributed by atoms with Crippen molar-refractivity contribution in [2.75, 3.05) is 0 Å². The lowest BCUT2D eigenvalue weighted by atomic mass is 9.85. The molecule has 17 heavy (non-hydrogen) atoms. The van der Waals surface area contributed by atoms with Crippen LogP contribution in [0.3, 0.4) is 0 Å². The molecule has 0 amide bonds. The Bertz CT molecular complexity index is 502. The molecule has 1 aromatic carbocycles. The summed E-state index contributed by atoms with van der Waals surface area (Å²) in [5.41, 5.74) is 0.720. The second-order valence-electron chi connectivity index (χ2n) is 5.05. The van der Waals surface area contributed by atoms with Crippen LogP contribution in [0, 0.1) is 11.6 Å². The van der Waals surface area contributed by atoms with E-state index in [1.165, 1.54) is 18.3 Å². The van der Waals surface area contributed by atoms with E-state index in [1.807, 2.05) is 0 Å². The predicted molar refractivity (Wildman–Crippen MR) is 62.6 cm³/mol. The Morgan fingerprint density at radius 3 is 2.06 bits per heavy atom. The minimum Gasteiger partial charge on any atom is -0.285 e. The summed E-state index contributed by atoms with van der Waals surface area (Å²) in [4.78, 5) is 0. The number of hydrogen-bond acceptors (Lipinski definition) is 1. The van der Waals surface area contributed by atoms with Gasteiger partial charge in [-0.3, -0.25) is 5.10 Å². The van der Waals surface area contributed by atoms with Gasteiger partial charge in [-0.05, 0) is 23.1 Å². The van der Waals surface area contributed by atoms with Crippen LogP contribution < -0.4 is 0 Å². The fourth-order valence-corrected chi connectivity index (χ4v) is 1.87.